The molecule has 1 atom stereocenters. The van der Waals surface area contributed by atoms with E-state index in [2.05, 4.69) is 12.1 Å². The molecular weight excluding hydrogens is 334 g/mol. The fourth-order valence-electron chi connectivity index (χ4n) is 3.77. The molecule has 0 spiro atoms. The molecule has 0 bridgehead atoms. The molecule has 1 aromatic heterocycles. The number of carbonyl (C=O) groups is 2. The maximum atomic E-state index is 12.4. The van der Waals surface area contributed by atoms with E-state index in [9.17, 15) is 9.59 Å². The Morgan fingerprint density at radius 3 is 2.69 bits per heavy atom. The van der Waals surface area contributed by atoms with E-state index < -0.39 is 12.1 Å². The van der Waals surface area contributed by atoms with Gasteiger partial charge in [0.25, 0.3) is 5.91 Å². The van der Waals surface area contributed by atoms with Gasteiger partial charge in [-0.25, -0.2) is 0 Å². The highest BCUT2D eigenvalue weighted by Gasteiger charge is 2.26. The third kappa shape index (κ3) is 3.33. The van der Waals surface area contributed by atoms with Gasteiger partial charge < -0.3 is 18.8 Å². The standard InChI is InChI=1S/C20H23NO5/c1-13(20(23)21-5-7-24-8-6-21)26-19(22)11-16-12-25-18-10-15-4-2-3-14(15)9-17(16)18/h9-10,12-13H,2-8,11H2,1H3/t13-/m0/s1. The number of carbonyl (C=O) groups excluding carboxylic acids is 2. The smallest absolute Gasteiger partial charge is 0.311 e. The largest absolute Gasteiger partial charge is 0.464 e. The molecule has 6 nitrogen and oxygen atoms in total. The van der Waals surface area contributed by atoms with E-state index in [0.717, 1.165) is 29.4 Å². The first kappa shape index (κ1) is 17.1. The second-order valence-electron chi connectivity index (χ2n) is 6.98. The summed E-state index contributed by atoms with van der Waals surface area (Å²) in [5, 5.41) is 0.967. The number of ether oxygens (including phenoxy) is 2. The molecule has 0 radical (unpaired) electrons. The first-order chi connectivity index (χ1) is 12.6. The van der Waals surface area contributed by atoms with Gasteiger partial charge >= 0.3 is 5.97 Å². The average Bonchev–Trinajstić information content (AvgIpc) is 3.26. The van der Waals surface area contributed by atoms with E-state index in [1.807, 2.05) is 0 Å². The quantitative estimate of drug-likeness (QED) is 0.785. The molecule has 1 amide bonds. The van der Waals surface area contributed by atoms with E-state index in [0.29, 0.717) is 26.3 Å². The molecule has 2 heterocycles. The van der Waals surface area contributed by atoms with Crippen molar-refractivity contribution in [1.29, 1.82) is 0 Å². The molecule has 26 heavy (non-hydrogen) atoms. The summed E-state index contributed by atoms with van der Waals surface area (Å²) >= 11 is 0. The highest BCUT2D eigenvalue weighted by atomic mass is 16.5. The van der Waals surface area contributed by atoms with Crippen molar-refractivity contribution in [2.45, 2.75) is 38.7 Å². The van der Waals surface area contributed by atoms with E-state index in [4.69, 9.17) is 13.9 Å². The molecule has 1 fully saturated rings. The third-order valence-corrected chi connectivity index (χ3v) is 5.18. The van der Waals surface area contributed by atoms with Gasteiger partial charge in [0.15, 0.2) is 6.10 Å². The van der Waals surface area contributed by atoms with E-state index in [1.165, 1.54) is 17.5 Å². The zero-order valence-electron chi connectivity index (χ0n) is 15.0. The first-order valence-corrected chi connectivity index (χ1v) is 9.19. The van der Waals surface area contributed by atoms with Crippen molar-refractivity contribution in [3.63, 3.8) is 0 Å². The lowest BCUT2D eigenvalue weighted by Crippen LogP contribution is -2.46. The highest BCUT2D eigenvalue weighted by molar-refractivity contribution is 5.88. The molecule has 0 N–H and O–H groups in total. The van der Waals surface area contributed by atoms with Crippen LogP contribution in [0.5, 0.6) is 0 Å². The number of esters is 1. The van der Waals surface area contributed by atoms with Crippen LogP contribution in [0.1, 0.15) is 30.0 Å². The number of furan rings is 1. The van der Waals surface area contributed by atoms with Crippen molar-refractivity contribution >= 4 is 22.8 Å². The SMILES string of the molecule is C[C@H](OC(=O)Cc1coc2cc3c(cc12)CCC3)C(=O)N1CCOCC1. The number of aryl methyl sites for hydroxylation is 2. The molecule has 4 rings (SSSR count). The maximum Gasteiger partial charge on any atom is 0.311 e. The van der Waals surface area contributed by atoms with Gasteiger partial charge in [-0.2, -0.15) is 0 Å². The second-order valence-corrected chi connectivity index (χ2v) is 6.98. The molecule has 1 aliphatic carbocycles. The van der Waals surface area contributed by atoms with Crippen molar-refractivity contribution in [3.8, 4) is 0 Å². The molecule has 0 saturated carbocycles. The summed E-state index contributed by atoms with van der Waals surface area (Å²) in [4.78, 5) is 26.4. The molecule has 2 aromatic rings. The number of fused-ring (bicyclic) bond motifs is 2. The summed E-state index contributed by atoms with van der Waals surface area (Å²) in [6.45, 7) is 3.75. The van der Waals surface area contributed by atoms with Crippen LogP contribution in [0.15, 0.2) is 22.8 Å². The van der Waals surface area contributed by atoms with Crippen LogP contribution in [0.2, 0.25) is 0 Å². The minimum Gasteiger partial charge on any atom is -0.464 e. The maximum absolute atomic E-state index is 12.4. The van der Waals surface area contributed by atoms with Gasteiger partial charge in [0.2, 0.25) is 0 Å². The Morgan fingerprint density at radius 2 is 1.92 bits per heavy atom. The van der Waals surface area contributed by atoms with Gasteiger partial charge in [-0.05, 0) is 49.4 Å². The van der Waals surface area contributed by atoms with Gasteiger partial charge in [-0.15, -0.1) is 0 Å². The van der Waals surface area contributed by atoms with Crippen LogP contribution in [0.25, 0.3) is 11.0 Å². The Kier molecular flexibility index (Phi) is 4.68. The molecule has 1 saturated heterocycles. The molecule has 6 heteroatoms. The number of benzene rings is 1. The Labute approximate surface area is 152 Å². The summed E-state index contributed by atoms with van der Waals surface area (Å²) in [5.41, 5.74) is 4.30. The van der Waals surface area contributed by atoms with Crippen molar-refractivity contribution in [3.05, 3.63) is 35.1 Å². The van der Waals surface area contributed by atoms with Crippen LogP contribution in [0.4, 0.5) is 0 Å². The van der Waals surface area contributed by atoms with Gasteiger partial charge in [0, 0.05) is 24.0 Å². The Bertz CT molecular complexity index is 834. The van der Waals surface area contributed by atoms with E-state index in [1.54, 1.807) is 18.1 Å². The van der Waals surface area contributed by atoms with Crippen LogP contribution in [0.3, 0.4) is 0 Å². The predicted molar refractivity (Wildman–Crippen MR) is 94.9 cm³/mol. The summed E-state index contributed by atoms with van der Waals surface area (Å²) in [7, 11) is 0. The highest BCUT2D eigenvalue weighted by Crippen LogP contribution is 2.30. The molecule has 0 unspecified atom stereocenters. The number of hydrogen-bond donors (Lipinski definition) is 0. The molecule has 2 aliphatic rings. The molecule has 138 valence electrons. The van der Waals surface area contributed by atoms with Gasteiger partial charge in [-0.3, -0.25) is 9.59 Å². The number of hydrogen-bond acceptors (Lipinski definition) is 5. The normalized spacial score (nSPS) is 18.0. The van der Waals surface area contributed by atoms with Crippen molar-refractivity contribution < 1.29 is 23.5 Å². The number of morpholine rings is 1. The van der Waals surface area contributed by atoms with Crippen LogP contribution >= 0.6 is 0 Å². The fourth-order valence-corrected chi connectivity index (χ4v) is 3.77. The summed E-state index contributed by atoms with van der Waals surface area (Å²) in [6, 6.07) is 4.21. The zero-order chi connectivity index (χ0) is 18.1. The molecule has 1 aromatic carbocycles. The summed E-state index contributed by atoms with van der Waals surface area (Å²) < 4.78 is 16.2. The number of rotatable bonds is 4. The lowest BCUT2D eigenvalue weighted by atomic mass is 10.0. The van der Waals surface area contributed by atoms with Crippen LogP contribution in [-0.2, 0) is 38.3 Å². The number of amides is 1. The van der Waals surface area contributed by atoms with Crippen LogP contribution in [-0.4, -0.2) is 49.2 Å². The topological polar surface area (TPSA) is 69.0 Å². The summed E-state index contributed by atoms with van der Waals surface area (Å²) in [6.07, 6.45) is 4.27. The Hall–Kier alpha value is -2.34. The van der Waals surface area contributed by atoms with Crippen molar-refractivity contribution in [2.75, 3.05) is 26.3 Å². The van der Waals surface area contributed by atoms with Crippen LogP contribution in [0, 0.1) is 0 Å². The average molecular weight is 357 g/mol. The predicted octanol–water partition coefficient (Wildman–Crippen LogP) is 2.25. The van der Waals surface area contributed by atoms with Crippen LogP contribution < -0.4 is 0 Å². The fraction of sp³-hybridized carbons (Fsp3) is 0.500. The van der Waals surface area contributed by atoms with Crippen molar-refractivity contribution in [1.82, 2.24) is 4.90 Å². The summed E-state index contributed by atoms with van der Waals surface area (Å²) in [5.74, 6) is -0.584. The van der Waals surface area contributed by atoms with Gasteiger partial charge in [-0.1, -0.05) is 0 Å². The Morgan fingerprint density at radius 1 is 1.19 bits per heavy atom. The molecular formula is C20H23NO5. The first-order valence-electron chi connectivity index (χ1n) is 9.19. The van der Waals surface area contributed by atoms with E-state index >= 15 is 0 Å². The van der Waals surface area contributed by atoms with E-state index in [-0.39, 0.29) is 12.3 Å². The third-order valence-electron chi connectivity index (χ3n) is 5.18. The van der Waals surface area contributed by atoms with Crippen molar-refractivity contribution in [2.24, 2.45) is 0 Å². The zero-order valence-corrected chi connectivity index (χ0v) is 15.0. The Balaban J connectivity index is 1.41. The lowest BCUT2D eigenvalue weighted by Gasteiger charge is -2.28. The minimum absolute atomic E-state index is 0.104. The molecule has 1 aliphatic heterocycles. The van der Waals surface area contributed by atoms with Gasteiger partial charge in [0.1, 0.15) is 5.58 Å². The monoisotopic (exact) mass is 357 g/mol. The number of nitrogens with zero attached hydrogens (tertiary/aromatic N) is 1. The lowest BCUT2D eigenvalue weighted by molar-refractivity contribution is -0.160. The second kappa shape index (κ2) is 7.11. The van der Waals surface area contributed by atoms with Gasteiger partial charge in [0.05, 0.1) is 25.9 Å². The minimum atomic E-state index is -0.789.